The van der Waals surface area contributed by atoms with Crippen molar-refractivity contribution in [1.82, 2.24) is 0 Å². The largest absolute Gasteiger partial charge is 2.00 e. The number of aromatic carboxylic acids is 2. The van der Waals surface area contributed by atoms with E-state index >= 15 is 0 Å². The Morgan fingerprint density at radius 3 is 1.42 bits per heavy atom. The molecule has 3 aromatic rings. The van der Waals surface area contributed by atoms with E-state index in [4.69, 9.17) is 0 Å². The Kier molecular flexibility index (Phi) is 9.35. The molecule has 0 unspecified atom stereocenters. The summed E-state index contributed by atoms with van der Waals surface area (Å²) in [6.45, 7) is 0. The zero-order valence-corrected chi connectivity index (χ0v) is 19.4. The maximum atomic E-state index is 13.0. The second kappa shape index (κ2) is 12.0. The molecule has 3 rings (SSSR count). The molecule has 0 fully saturated rings. The normalized spacial score (nSPS) is 9.70. The maximum absolute atomic E-state index is 13.0. The summed E-state index contributed by atoms with van der Waals surface area (Å²) in [5.74, 6) is -4.79. The van der Waals surface area contributed by atoms with Gasteiger partial charge in [0.05, 0.1) is 23.3 Å². The summed E-state index contributed by atoms with van der Waals surface area (Å²) in [5, 5.41) is 27.4. The predicted octanol–water partition coefficient (Wildman–Crippen LogP) is 0.694. The van der Waals surface area contributed by atoms with Crippen LogP contribution in [-0.4, -0.2) is 61.5 Å². The molecule has 0 aromatic heterocycles. The summed E-state index contributed by atoms with van der Waals surface area (Å²) in [6, 6.07) is 19.6. The van der Waals surface area contributed by atoms with Crippen LogP contribution < -0.4 is 20.8 Å². The van der Waals surface area contributed by atoms with Gasteiger partial charge in [-0.1, -0.05) is 66.7 Å². The van der Waals surface area contributed by atoms with E-state index in [1.54, 1.807) is 30.3 Å². The van der Waals surface area contributed by atoms with Crippen LogP contribution in [0.25, 0.3) is 6.08 Å². The summed E-state index contributed by atoms with van der Waals surface area (Å²) in [7, 11) is 0. The molecule has 0 aliphatic rings. The molecule has 0 aliphatic heterocycles. The first-order valence-electron chi connectivity index (χ1n) is 9.37. The van der Waals surface area contributed by atoms with Crippen LogP contribution in [0, 0.1) is 0 Å². The first-order valence-corrected chi connectivity index (χ1v) is 9.37. The number of anilines is 2. The smallest absolute Gasteiger partial charge is 0.545 e. The van der Waals surface area contributed by atoms with E-state index in [0.717, 1.165) is 0 Å². The first-order chi connectivity index (χ1) is 15.4. The summed E-state index contributed by atoms with van der Waals surface area (Å²) in [5.41, 5.74) is -0.490. The van der Waals surface area contributed by atoms with Gasteiger partial charge in [0.2, 0.25) is 0 Å². The van der Waals surface area contributed by atoms with Gasteiger partial charge in [-0.15, -0.1) is 0 Å². The fourth-order valence-electron chi connectivity index (χ4n) is 2.87. The topological polar surface area (TPSA) is 138 Å². The Labute approximate surface area is 218 Å². The molecule has 0 spiro atoms. The van der Waals surface area contributed by atoms with Crippen molar-refractivity contribution in [1.29, 1.82) is 0 Å². The molecule has 8 nitrogen and oxygen atoms in total. The summed E-state index contributed by atoms with van der Waals surface area (Å²) in [4.78, 5) is 48.6. The van der Waals surface area contributed by atoms with Crippen LogP contribution in [0.3, 0.4) is 0 Å². The van der Waals surface area contributed by atoms with Gasteiger partial charge in [0.25, 0.3) is 11.8 Å². The van der Waals surface area contributed by atoms with E-state index in [1.807, 2.05) is 0 Å². The van der Waals surface area contributed by atoms with Crippen molar-refractivity contribution in [3.8, 4) is 0 Å². The Balaban J connectivity index is 0.00000385. The van der Waals surface area contributed by atoms with Crippen molar-refractivity contribution in [3.05, 3.63) is 101 Å². The number of para-hydroxylation sites is 2. The van der Waals surface area contributed by atoms with Gasteiger partial charge < -0.3 is 30.4 Å². The van der Waals surface area contributed by atoms with Crippen molar-refractivity contribution >= 4 is 78.9 Å². The minimum atomic E-state index is -1.50. The Hall–Kier alpha value is -3.46. The molecular weight excluding hydrogens is 452 g/mol. The van der Waals surface area contributed by atoms with Crippen molar-refractivity contribution in [2.45, 2.75) is 0 Å². The molecule has 3 aromatic carbocycles. The van der Waals surface area contributed by atoms with E-state index in [1.165, 1.54) is 54.6 Å². The summed E-state index contributed by atoms with van der Waals surface area (Å²) < 4.78 is 0. The van der Waals surface area contributed by atoms with E-state index in [0.29, 0.717) is 5.56 Å². The van der Waals surface area contributed by atoms with Crippen LogP contribution in [0.5, 0.6) is 0 Å². The molecule has 160 valence electrons. The van der Waals surface area contributed by atoms with Gasteiger partial charge in [-0.05, 0) is 23.8 Å². The third-order valence-electron chi connectivity index (χ3n) is 4.39. The van der Waals surface area contributed by atoms with Gasteiger partial charge in [0, 0.05) is 11.1 Å². The molecule has 0 atom stereocenters. The molecule has 0 heterocycles. The molecule has 2 N–H and O–H groups in total. The zero-order valence-electron chi connectivity index (χ0n) is 17.2. The van der Waals surface area contributed by atoms with E-state index in [-0.39, 0.29) is 65.8 Å². The number of hydrogen-bond acceptors (Lipinski definition) is 6. The van der Waals surface area contributed by atoms with Crippen LogP contribution >= 0.6 is 0 Å². The van der Waals surface area contributed by atoms with Crippen molar-refractivity contribution in [2.75, 3.05) is 10.6 Å². The molecule has 0 bridgehead atoms. The van der Waals surface area contributed by atoms with Crippen LogP contribution in [0.2, 0.25) is 0 Å². The maximum Gasteiger partial charge on any atom is 2.00 e. The minimum absolute atomic E-state index is 0. The number of carbonyl (C=O) groups is 4. The fourth-order valence-corrected chi connectivity index (χ4v) is 2.87. The number of hydrogen-bond donors (Lipinski definition) is 2. The number of amides is 2. The minimum Gasteiger partial charge on any atom is -0.545 e. The molecule has 0 aliphatic carbocycles. The third-order valence-corrected chi connectivity index (χ3v) is 4.39. The summed E-state index contributed by atoms with van der Waals surface area (Å²) >= 11 is 0. The molecule has 9 heteroatoms. The SMILES string of the molecule is O=C(Nc1ccccc1C(=O)[O-])C(=Cc1ccccc1)C(=O)Nc1ccccc1C(=O)[O-].[Ca+2]. The third kappa shape index (κ3) is 6.76. The van der Waals surface area contributed by atoms with E-state index in [9.17, 15) is 29.4 Å². The zero-order chi connectivity index (χ0) is 23.1. The molecule has 0 saturated carbocycles. The van der Waals surface area contributed by atoms with Gasteiger partial charge >= 0.3 is 37.7 Å². The number of rotatable bonds is 7. The Bertz CT molecular complexity index is 1150. The molecule has 33 heavy (non-hydrogen) atoms. The second-order valence-corrected chi connectivity index (χ2v) is 6.54. The van der Waals surface area contributed by atoms with Crippen LogP contribution in [0.4, 0.5) is 11.4 Å². The predicted molar refractivity (Wildman–Crippen MR) is 119 cm³/mol. The molecular formula is C24H16CaN2O6. The van der Waals surface area contributed by atoms with Gasteiger partial charge in [-0.2, -0.15) is 0 Å². The Morgan fingerprint density at radius 1 is 0.606 bits per heavy atom. The van der Waals surface area contributed by atoms with Gasteiger partial charge in [0.15, 0.2) is 0 Å². The van der Waals surface area contributed by atoms with Gasteiger partial charge in [0.1, 0.15) is 5.57 Å². The van der Waals surface area contributed by atoms with Crippen molar-refractivity contribution in [3.63, 3.8) is 0 Å². The quantitative estimate of drug-likeness (QED) is 0.226. The number of benzene rings is 3. The monoisotopic (exact) mass is 468 g/mol. The number of nitrogens with one attached hydrogen (secondary N) is 2. The number of carboxylic acid groups (broad SMARTS) is 2. The Morgan fingerprint density at radius 2 is 1.00 bits per heavy atom. The average molecular weight is 468 g/mol. The average Bonchev–Trinajstić information content (AvgIpc) is 2.78. The van der Waals surface area contributed by atoms with E-state index < -0.39 is 23.8 Å². The molecule has 0 radical (unpaired) electrons. The fraction of sp³-hybridized carbons (Fsp3) is 0. The number of carboxylic acids is 2. The van der Waals surface area contributed by atoms with Crippen LogP contribution in [-0.2, 0) is 9.59 Å². The number of carbonyl (C=O) groups excluding carboxylic acids is 4. The summed E-state index contributed by atoms with van der Waals surface area (Å²) in [6.07, 6.45) is 1.30. The van der Waals surface area contributed by atoms with E-state index in [2.05, 4.69) is 10.6 Å². The van der Waals surface area contributed by atoms with Crippen molar-refractivity contribution < 1.29 is 29.4 Å². The van der Waals surface area contributed by atoms with Gasteiger partial charge in [-0.3, -0.25) is 9.59 Å². The molecule has 0 saturated heterocycles. The van der Waals surface area contributed by atoms with Crippen LogP contribution in [0.1, 0.15) is 26.3 Å². The van der Waals surface area contributed by atoms with Gasteiger partial charge in [-0.25, -0.2) is 0 Å². The standard InChI is InChI=1S/C24H18N2O6.Ca/c27-21(25-19-12-6-4-10-16(19)23(29)30)18(14-15-8-2-1-3-9-15)22(28)26-20-13-7-5-11-17(20)24(31)32;/h1-14H,(H,25,27)(H,26,28)(H,29,30)(H,31,32);/q;+2/p-2. The van der Waals surface area contributed by atoms with Crippen LogP contribution in [0.15, 0.2) is 84.4 Å². The second-order valence-electron chi connectivity index (χ2n) is 6.54. The van der Waals surface area contributed by atoms with Crippen molar-refractivity contribution in [2.24, 2.45) is 0 Å². The molecule has 2 amide bonds. The first kappa shape index (κ1) is 25.8.